The second kappa shape index (κ2) is 4.74. The van der Waals surface area contributed by atoms with Crippen molar-refractivity contribution in [2.75, 3.05) is 6.54 Å². The molecule has 2 nitrogen and oxygen atoms in total. The van der Waals surface area contributed by atoms with Crippen LogP contribution in [0.3, 0.4) is 0 Å². The van der Waals surface area contributed by atoms with Gasteiger partial charge in [-0.25, -0.2) is 0 Å². The maximum Gasteiger partial charge on any atom is 0.122 e. The van der Waals surface area contributed by atoms with Crippen molar-refractivity contribution in [1.82, 2.24) is 5.32 Å². The monoisotopic (exact) mass is 177 g/mol. The van der Waals surface area contributed by atoms with Crippen LogP contribution in [0.15, 0.2) is 16.5 Å². The summed E-state index contributed by atoms with van der Waals surface area (Å²) in [5.74, 6) is 4.49. The van der Waals surface area contributed by atoms with Crippen molar-refractivity contribution in [2.24, 2.45) is 0 Å². The molecule has 1 aromatic heterocycles. The van der Waals surface area contributed by atoms with E-state index in [0.29, 0.717) is 6.42 Å². The van der Waals surface area contributed by atoms with E-state index < -0.39 is 0 Å². The zero-order chi connectivity index (χ0) is 9.68. The first-order valence-electron chi connectivity index (χ1n) is 4.51. The van der Waals surface area contributed by atoms with Crippen molar-refractivity contribution in [3.8, 4) is 12.3 Å². The third-order valence-electron chi connectivity index (χ3n) is 1.88. The molecule has 0 aliphatic heterocycles. The van der Waals surface area contributed by atoms with E-state index in [9.17, 15) is 0 Å². The maximum absolute atomic E-state index is 5.49. The fraction of sp³-hybridized carbons (Fsp3) is 0.455. The van der Waals surface area contributed by atoms with Crippen molar-refractivity contribution in [3.05, 3.63) is 23.7 Å². The van der Waals surface area contributed by atoms with Crippen LogP contribution in [-0.2, 0) is 0 Å². The molecule has 0 saturated heterocycles. The largest absolute Gasteiger partial charge is 0.465 e. The van der Waals surface area contributed by atoms with Gasteiger partial charge < -0.3 is 9.73 Å². The van der Waals surface area contributed by atoms with E-state index in [2.05, 4.69) is 18.2 Å². The Bertz CT molecular complexity index is 295. The van der Waals surface area contributed by atoms with Crippen molar-refractivity contribution in [1.29, 1.82) is 0 Å². The van der Waals surface area contributed by atoms with Gasteiger partial charge in [0.05, 0.1) is 6.04 Å². The minimum Gasteiger partial charge on any atom is -0.465 e. The number of terminal acetylenes is 1. The van der Waals surface area contributed by atoms with E-state index in [1.807, 2.05) is 19.1 Å². The summed E-state index contributed by atoms with van der Waals surface area (Å²) in [4.78, 5) is 0. The highest BCUT2D eigenvalue weighted by Gasteiger charge is 2.11. The van der Waals surface area contributed by atoms with E-state index >= 15 is 0 Å². The van der Waals surface area contributed by atoms with E-state index in [1.54, 1.807) is 0 Å². The summed E-state index contributed by atoms with van der Waals surface area (Å²) < 4.78 is 5.49. The van der Waals surface area contributed by atoms with Gasteiger partial charge in [-0.05, 0) is 25.6 Å². The molecule has 0 radical (unpaired) electrons. The first-order chi connectivity index (χ1) is 6.27. The first kappa shape index (κ1) is 9.88. The quantitative estimate of drug-likeness (QED) is 0.714. The summed E-state index contributed by atoms with van der Waals surface area (Å²) in [5.41, 5.74) is 0. The summed E-state index contributed by atoms with van der Waals surface area (Å²) in [7, 11) is 0. The minimum absolute atomic E-state index is 0.156. The second-order valence-corrected chi connectivity index (χ2v) is 2.97. The molecule has 0 spiro atoms. The lowest BCUT2D eigenvalue weighted by atomic mass is 10.1. The molecule has 0 aliphatic carbocycles. The highest BCUT2D eigenvalue weighted by molar-refractivity contribution is 5.11. The SMILES string of the molecule is C#CCC(NCC)c1ccc(C)o1. The standard InChI is InChI=1S/C11H15NO/c1-4-6-10(12-5-2)11-8-7-9(3)13-11/h1,7-8,10,12H,5-6H2,2-3H3. The number of rotatable bonds is 4. The van der Waals surface area contributed by atoms with Crippen LogP contribution in [0.25, 0.3) is 0 Å². The van der Waals surface area contributed by atoms with E-state index in [0.717, 1.165) is 18.1 Å². The van der Waals surface area contributed by atoms with E-state index in [-0.39, 0.29) is 6.04 Å². The Morgan fingerprint density at radius 2 is 2.38 bits per heavy atom. The van der Waals surface area contributed by atoms with Crippen LogP contribution in [0.2, 0.25) is 0 Å². The minimum atomic E-state index is 0.156. The summed E-state index contributed by atoms with van der Waals surface area (Å²) in [5, 5.41) is 3.28. The van der Waals surface area contributed by atoms with E-state index in [4.69, 9.17) is 10.8 Å². The number of aryl methyl sites for hydroxylation is 1. The predicted molar refractivity (Wildman–Crippen MR) is 53.3 cm³/mol. The lowest BCUT2D eigenvalue weighted by Gasteiger charge is -2.11. The topological polar surface area (TPSA) is 25.2 Å². The van der Waals surface area contributed by atoms with Gasteiger partial charge in [0.15, 0.2) is 0 Å². The molecule has 1 aromatic rings. The average Bonchev–Trinajstić information content (AvgIpc) is 2.51. The molecular formula is C11H15NO. The maximum atomic E-state index is 5.49. The van der Waals surface area contributed by atoms with Gasteiger partial charge in [0.25, 0.3) is 0 Å². The molecule has 1 unspecified atom stereocenters. The number of hydrogen-bond acceptors (Lipinski definition) is 2. The Morgan fingerprint density at radius 3 is 2.85 bits per heavy atom. The number of furan rings is 1. The Morgan fingerprint density at radius 1 is 1.62 bits per heavy atom. The third-order valence-corrected chi connectivity index (χ3v) is 1.88. The summed E-state index contributed by atoms with van der Waals surface area (Å²) >= 11 is 0. The summed E-state index contributed by atoms with van der Waals surface area (Å²) in [6.07, 6.45) is 5.94. The Balaban J connectivity index is 2.70. The zero-order valence-electron chi connectivity index (χ0n) is 8.13. The fourth-order valence-electron chi connectivity index (χ4n) is 1.28. The summed E-state index contributed by atoms with van der Waals surface area (Å²) in [6.45, 7) is 4.88. The van der Waals surface area contributed by atoms with Gasteiger partial charge in [0.2, 0.25) is 0 Å². The molecule has 0 aliphatic rings. The van der Waals surface area contributed by atoms with Gasteiger partial charge in [-0.1, -0.05) is 6.92 Å². The fourth-order valence-corrected chi connectivity index (χ4v) is 1.28. The van der Waals surface area contributed by atoms with Crippen LogP contribution in [-0.4, -0.2) is 6.54 Å². The number of hydrogen-bond donors (Lipinski definition) is 1. The lowest BCUT2D eigenvalue weighted by Crippen LogP contribution is -2.19. The highest BCUT2D eigenvalue weighted by Crippen LogP contribution is 2.18. The molecule has 1 N–H and O–H groups in total. The van der Waals surface area contributed by atoms with Gasteiger partial charge in [0, 0.05) is 6.42 Å². The molecule has 1 rings (SSSR count). The molecule has 0 aromatic carbocycles. The molecule has 0 bridgehead atoms. The van der Waals surface area contributed by atoms with Crippen molar-refractivity contribution in [2.45, 2.75) is 26.3 Å². The second-order valence-electron chi connectivity index (χ2n) is 2.97. The van der Waals surface area contributed by atoms with Gasteiger partial charge in [-0.3, -0.25) is 0 Å². The van der Waals surface area contributed by atoms with Crippen LogP contribution in [0.1, 0.15) is 30.9 Å². The normalized spacial score (nSPS) is 12.4. The average molecular weight is 177 g/mol. The van der Waals surface area contributed by atoms with Gasteiger partial charge in [-0.15, -0.1) is 12.3 Å². The van der Waals surface area contributed by atoms with Gasteiger partial charge in [-0.2, -0.15) is 0 Å². The van der Waals surface area contributed by atoms with Gasteiger partial charge >= 0.3 is 0 Å². The van der Waals surface area contributed by atoms with Gasteiger partial charge in [0.1, 0.15) is 11.5 Å². The lowest BCUT2D eigenvalue weighted by molar-refractivity contribution is 0.409. The van der Waals surface area contributed by atoms with E-state index in [1.165, 1.54) is 0 Å². The first-order valence-corrected chi connectivity index (χ1v) is 4.51. The Hall–Kier alpha value is -1.20. The molecule has 0 amide bonds. The molecule has 1 atom stereocenters. The molecule has 70 valence electrons. The molecule has 0 fully saturated rings. The van der Waals surface area contributed by atoms with Crippen LogP contribution in [0.5, 0.6) is 0 Å². The summed E-state index contributed by atoms with van der Waals surface area (Å²) in [6, 6.07) is 4.08. The Labute approximate surface area is 79.3 Å². The highest BCUT2D eigenvalue weighted by atomic mass is 16.3. The van der Waals surface area contributed by atoms with Crippen LogP contribution in [0, 0.1) is 19.3 Å². The smallest absolute Gasteiger partial charge is 0.122 e. The van der Waals surface area contributed by atoms with Crippen LogP contribution < -0.4 is 5.32 Å². The molecule has 13 heavy (non-hydrogen) atoms. The zero-order valence-corrected chi connectivity index (χ0v) is 8.13. The number of nitrogens with one attached hydrogen (secondary N) is 1. The molecule has 0 saturated carbocycles. The molecular weight excluding hydrogens is 162 g/mol. The van der Waals surface area contributed by atoms with Crippen molar-refractivity contribution in [3.63, 3.8) is 0 Å². The molecule has 2 heteroatoms. The van der Waals surface area contributed by atoms with Crippen molar-refractivity contribution >= 4 is 0 Å². The predicted octanol–water partition coefficient (Wildman–Crippen LogP) is 2.26. The third kappa shape index (κ3) is 2.64. The molecule has 1 heterocycles. The van der Waals surface area contributed by atoms with Crippen molar-refractivity contribution < 1.29 is 4.42 Å². The van der Waals surface area contributed by atoms with Crippen LogP contribution in [0.4, 0.5) is 0 Å². The Kier molecular flexibility index (Phi) is 3.60. The van der Waals surface area contributed by atoms with Crippen LogP contribution >= 0.6 is 0 Å².